The third-order valence-electron chi connectivity index (χ3n) is 4.89. The van der Waals surface area contributed by atoms with Crippen LogP contribution in [0, 0.1) is 5.41 Å². The van der Waals surface area contributed by atoms with Gasteiger partial charge in [-0.05, 0) is 56.3 Å². The van der Waals surface area contributed by atoms with E-state index in [1.54, 1.807) is 0 Å². The Kier molecular flexibility index (Phi) is 3.82. The van der Waals surface area contributed by atoms with E-state index in [0.717, 1.165) is 51.3 Å². The van der Waals surface area contributed by atoms with Crippen LogP contribution in [0.1, 0.15) is 31.2 Å². The van der Waals surface area contributed by atoms with Gasteiger partial charge in [0.25, 0.3) is 0 Å². The minimum absolute atomic E-state index is 0.438. The van der Waals surface area contributed by atoms with Crippen molar-refractivity contribution in [3.63, 3.8) is 0 Å². The summed E-state index contributed by atoms with van der Waals surface area (Å²) < 4.78 is 37.6. The molecule has 2 saturated heterocycles. The minimum atomic E-state index is -4.31. The van der Waals surface area contributed by atoms with Crippen LogP contribution in [-0.4, -0.2) is 31.2 Å². The van der Waals surface area contributed by atoms with Gasteiger partial charge in [-0.3, -0.25) is 0 Å². The van der Waals surface area contributed by atoms with Crippen molar-refractivity contribution in [1.82, 2.24) is 10.3 Å². The first kappa shape index (κ1) is 14.6. The predicted octanol–water partition coefficient (Wildman–Crippen LogP) is 3.07. The number of rotatable bonds is 1. The monoisotopic (exact) mass is 299 g/mol. The molecule has 3 heterocycles. The molecule has 2 aliphatic rings. The second kappa shape index (κ2) is 5.48. The lowest BCUT2D eigenvalue weighted by Crippen LogP contribution is -2.45. The molecule has 1 spiro atoms. The molecule has 116 valence electrons. The summed E-state index contributed by atoms with van der Waals surface area (Å²) in [4.78, 5) is 6.10. The maximum Gasteiger partial charge on any atom is 0.417 e. The first-order chi connectivity index (χ1) is 9.99. The number of piperidine rings is 2. The number of aromatic nitrogens is 1. The van der Waals surface area contributed by atoms with E-state index in [4.69, 9.17) is 0 Å². The zero-order chi connectivity index (χ0) is 14.9. The number of anilines is 1. The fourth-order valence-corrected chi connectivity index (χ4v) is 3.41. The van der Waals surface area contributed by atoms with Crippen LogP contribution in [-0.2, 0) is 6.18 Å². The van der Waals surface area contributed by atoms with E-state index >= 15 is 0 Å². The molecular weight excluding hydrogens is 279 g/mol. The van der Waals surface area contributed by atoms with Gasteiger partial charge in [-0.2, -0.15) is 13.2 Å². The van der Waals surface area contributed by atoms with Crippen LogP contribution in [0.4, 0.5) is 19.0 Å². The Labute approximate surface area is 122 Å². The summed E-state index contributed by atoms with van der Waals surface area (Å²) in [5, 5.41) is 3.39. The molecule has 2 fully saturated rings. The standard InChI is InChI=1S/C15H20F3N3/c16-15(17,18)12-1-2-13(20-11-12)21-9-5-14(6-10-21)3-7-19-8-4-14/h1-2,11,19H,3-10H2. The fourth-order valence-electron chi connectivity index (χ4n) is 3.41. The van der Waals surface area contributed by atoms with Crippen molar-refractivity contribution in [1.29, 1.82) is 0 Å². The Morgan fingerprint density at radius 1 is 1.05 bits per heavy atom. The molecule has 0 bridgehead atoms. The van der Waals surface area contributed by atoms with Crippen molar-refractivity contribution in [2.75, 3.05) is 31.1 Å². The number of halogens is 3. The van der Waals surface area contributed by atoms with Gasteiger partial charge in [0.1, 0.15) is 5.82 Å². The summed E-state index contributed by atoms with van der Waals surface area (Å²) in [5.74, 6) is 0.659. The molecule has 3 nitrogen and oxygen atoms in total. The average Bonchev–Trinajstić information content (AvgIpc) is 2.48. The average molecular weight is 299 g/mol. The maximum absolute atomic E-state index is 12.5. The molecule has 0 atom stereocenters. The quantitative estimate of drug-likeness (QED) is 0.864. The fraction of sp³-hybridized carbons (Fsp3) is 0.667. The number of nitrogens with zero attached hydrogens (tertiary/aromatic N) is 2. The Morgan fingerprint density at radius 2 is 1.71 bits per heavy atom. The highest BCUT2D eigenvalue weighted by molar-refractivity contribution is 5.40. The van der Waals surface area contributed by atoms with Crippen molar-refractivity contribution in [3.05, 3.63) is 23.9 Å². The first-order valence-corrected chi connectivity index (χ1v) is 7.48. The Hall–Kier alpha value is -1.30. The molecule has 0 saturated carbocycles. The van der Waals surface area contributed by atoms with E-state index in [0.29, 0.717) is 11.2 Å². The van der Waals surface area contributed by atoms with Crippen molar-refractivity contribution in [2.24, 2.45) is 5.41 Å². The largest absolute Gasteiger partial charge is 0.417 e. The van der Waals surface area contributed by atoms with E-state index in [1.165, 1.54) is 18.9 Å². The SMILES string of the molecule is FC(F)(F)c1ccc(N2CCC3(CCNCC3)CC2)nc1. The third kappa shape index (κ3) is 3.15. The van der Waals surface area contributed by atoms with Crippen LogP contribution in [0.2, 0.25) is 0 Å². The molecule has 1 aromatic heterocycles. The summed E-state index contributed by atoms with van der Waals surface area (Å²) in [6.45, 7) is 3.94. The third-order valence-corrected chi connectivity index (χ3v) is 4.89. The highest BCUT2D eigenvalue weighted by Gasteiger charge is 2.36. The smallest absolute Gasteiger partial charge is 0.357 e. The Bertz CT molecular complexity index is 468. The number of alkyl halides is 3. The van der Waals surface area contributed by atoms with Crippen molar-refractivity contribution >= 4 is 5.82 Å². The molecule has 6 heteroatoms. The van der Waals surface area contributed by atoms with Crippen LogP contribution in [0.3, 0.4) is 0 Å². The number of hydrogen-bond acceptors (Lipinski definition) is 3. The second-order valence-corrected chi connectivity index (χ2v) is 6.14. The lowest BCUT2D eigenvalue weighted by Gasteiger charge is -2.44. The van der Waals surface area contributed by atoms with Crippen LogP contribution in [0.5, 0.6) is 0 Å². The molecule has 0 aliphatic carbocycles. The molecule has 1 N–H and O–H groups in total. The van der Waals surface area contributed by atoms with E-state index < -0.39 is 11.7 Å². The van der Waals surface area contributed by atoms with Gasteiger partial charge in [0.15, 0.2) is 0 Å². The Morgan fingerprint density at radius 3 is 2.24 bits per heavy atom. The van der Waals surface area contributed by atoms with E-state index in [9.17, 15) is 13.2 Å². The second-order valence-electron chi connectivity index (χ2n) is 6.14. The van der Waals surface area contributed by atoms with Gasteiger partial charge >= 0.3 is 6.18 Å². The van der Waals surface area contributed by atoms with Gasteiger partial charge in [0.05, 0.1) is 5.56 Å². The number of pyridine rings is 1. The van der Waals surface area contributed by atoms with Crippen molar-refractivity contribution < 1.29 is 13.2 Å². The molecule has 0 radical (unpaired) electrons. The van der Waals surface area contributed by atoms with E-state index in [1.807, 2.05) is 0 Å². The maximum atomic E-state index is 12.5. The zero-order valence-corrected chi connectivity index (χ0v) is 11.9. The van der Waals surface area contributed by atoms with Gasteiger partial charge in [-0.1, -0.05) is 0 Å². The summed E-state index contributed by atoms with van der Waals surface area (Å²) in [7, 11) is 0. The van der Waals surface area contributed by atoms with Gasteiger partial charge < -0.3 is 10.2 Å². The summed E-state index contributed by atoms with van der Waals surface area (Å²) >= 11 is 0. The molecule has 0 aromatic carbocycles. The minimum Gasteiger partial charge on any atom is -0.357 e. The lowest BCUT2D eigenvalue weighted by molar-refractivity contribution is -0.137. The summed E-state index contributed by atoms with van der Waals surface area (Å²) in [6, 6.07) is 2.61. The summed E-state index contributed by atoms with van der Waals surface area (Å²) in [6.07, 6.45) is 1.26. The van der Waals surface area contributed by atoms with Gasteiger partial charge in [0, 0.05) is 19.3 Å². The van der Waals surface area contributed by atoms with Crippen molar-refractivity contribution in [3.8, 4) is 0 Å². The normalized spacial score (nSPS) is 22.5. The van der Waals surface area contributed by atoms with Crippen LogP contribution >= 0.6 is 0 Å². The first-order valence-electron chi connectivity index (χ1n) is 7.48. The van der Waals surface area contributed by atoms with Crippen LogP contribution in [0.15, 0.2) is 18.3 Å². The molecule has 3 rings (SSSR count). The molecule has 0 amide bonds. The molecule has 0 unspecified atom stereocenters. The highest BCUT2D eigenvalue weighted by Crippen LogP contribution is 2.40. The van der Waals surface area contributed by atoms with E-state index in [-0.39, 0.29) is 0 Å². The van der Waals surface area contributed by atoms with Crippen molar-refractivity contribution in [2.45, 2.75) is 31.9 Å². The molecule has 21 heavy (non-hydrogen) atoms. The predicted molar refractivity (Wildman–Crippen MR) is 75.2 cm³/mol. The molecule has 1 aromatic rings. The van der Waals surface area contributed by atoms with Gasteiger partial charge in [-0.25, -0.2) is 4.98 Å². The van der Waals surface area contributed by atoms with E-state index in [2.05, 4.69) is 15.2 Å². The zero-order valence-electron chi connectivity index (χ0n) is 11.9. The van der Waals surface area contributed by atoms with Gasteiger partial charge in [-0.15, -0.1) is 0 Å². The molecule has 2 aliphatic heterocycles. The topological polar surface area (TPSA) is 28.2 Å². The number of nitrogens with one attached hydrogen (secondary N) is 1. The number of hydrogen-bond donors (Lipinski definition) is 1. The summed E-state index contributed by atoms with van der Waals surface area (Å²) in [5.41, 5.74) is -0.244. The lowest BCUT2D eigenvalue weighted by atomic mass is 9.71. The molecular formula is C15H20F3N3. The Balaban J connectivity index is 1.64. The van der Waals surface area contributed by atoms with Gasteiger partial charge in [0.2, 0.25) is 0 Å². The van der Waals surface area contributed by atoms with Crippen LogP contribution < -0.4 is 10.2 Å². The highest BCUT2D eigenvalue weighted by atomic mass is 19.4. The van der Waals surface area contributed by atoms with Crippen LogP contribution in [0.25, 0.3) is 0 Å².